The molecule has 0 radical (unpaired) electrons. The van der Waals surface area contributed by atoms with Crippen LogP contribution in [0, 0.1) is 6.92 Å². The summed E-state index contributed by atoms with van der Waals surface area (Å²) in [6, 6.07) is 12.1. The zero-order valence-corrected chi connectivity index (χ0v) is 23.2. The Labute approximate surface area is 236 Å². The molecule has 0 bridgehead atoms. The van der Waals surface area contributed by atoms with Crippen LogP contribution in [0.3, 0.4) is 0 Å². The molecular weight excluding hydrogens is 534 g/mol. The number of rotatable bonds is 9. The monoisotopic (exact) mass is 568 g/mol. The first-order chi connectivity index (χ1) is 19.3. The van der Waals surface area contributed by atoms with Crippen LogP contribution in [0.15, 0.2) is 53.9 Å². The third kappa shape index (κ3) is 6.40. The van der Waals surface area contributed by atoms with Gasteiger partial charge in [-0.1, -0.05) is 30.3 Å². The van der Waals surface area contributed by atoms with Crippen LogP contribution in [-0.4, -0.2) is 58.1 Å². The van der Waals surface area contributed by atoms with Crippen LogP contribution < -0.4 is 10.6 Å². The fraction of sp³-hybridized carbons (Fsp3) is 0.433. The number of halogens is 2. The van der Waals surface area contributed by atoms with Gasteiger partial charge in [0.05, 0.1) is 18.2 Å². The Balaban J connectivity index is 1.41. The topological polar surface area (TPSA) is 94.6 Å². The van der Waals surface area contributed by atoms with E-state index in [-0.39, 0.29) is 23.2 Å². The van der Waals surface area contributed by atoms with Gasteiger partial charge in [-0.25, -0.2) is 13.8 Å². The lowest BCUT2D eigenvalue weighted by Gasteiger charge is -2.29. The van der Waals surface area contributed by atoms with Gasteiger partial charge in [-0.3, -0.25) is 9.59 Å². The Hall–Kier alpha value is -3.21. The van der Waals surface area contributed by atoms with Gasteiger partial charge in [0.2, 0.25) is 0 Å². The summed E-state index contributed by atoms with van der Waals surface area (Å²) in [6.07, 6.45) is -0.137. The maximum absolute atomic E-state index is 13.9. The quantitative estimate of drug-likeness (QED) is 0.344. The molecule has 2 fully saturated rings. The molecule has 2 saturated heterocycles. The van der Waals surface area contributed by atoms with Crippen molar-refractivity contribution in [2.75, 3.05) is 13.1 Å². The molecule has 2 aromatic carbocycles. The lowest BCUT2D eigenvalue weighted by atomic mass is 9.95. The van der Waals surface area contributed by atoms with Gasteiger partial charge in [-0.05, 0) is 69.3 Å². The molecule has 3 heterocycles. The minimum absolute atomic E-state index is 0.0355. The maximum Gasteiger partial charge on any atom is 0.263 e. The largest absolute Gasteiger partial charge is 0.389 e. The molecule has 7 nitrogen and oxygen atoms in total. The van der Waals surface area contributed by atoms with Crippen LogP contribution in [-0.2, 0) is 6.42 Å². The maximum atomic E-state index is 13.9. The fourth-order valence-electron chi connectivity index (χ4n) is 5.65. The van der Waals surface area contributed by atoms with Gasteiger partial charge in [-0.15, -0.1) is 11.3 Å². The number of aryl methyl sites for hydroxylation is 1. The summed E-state index contributed by atoms with van der Waals surface area (Å²) in [5.41, 5.74) is 1.42. The third-order valence-electron chi connectivity index (χ3n) is 7.69. The van der Waals surface area contributed by atoms with Crippen molar-refractivity contribution in [1.29, 1.82) is 0 Å². The number of nitrogens with zero attached hydrogens (tertiary/aromatic N) is 2. The number of aliphatic hydroxyl groups excluding tert-OH is 1. The Morgan fingerprint density at radius 1 is 1.15 bits per heavy atom. The number of carbonyl (C=O) groups is 2. The van der Waals surface area contributed by atoms with Crippen LogP contribution in [0.5, 0.6) is 0 Å². The zero-order chi connectivity index (χ0) is 28.2. The van der Waals surface area contributed by atoms with Crippen LogP contribution in [0.1, 0.15) is 80.7 Å². The summed E-state index contributed by atoms with van der Waals surface area (Å²) >= 11 is 1.48. The Morgan fingerprint density at radius 3 is 2.60 bits per heavy atom. The van der Waals surface area contributed by atoms with E-state index in [0.717, 1.165) is 54.6 Å². The minimum atomic E-state index is -2.86. The van der Waals surface area contributed by atoms with Crippen molar-refractivity contribution in [3.05, 3.63) is 86.9 Å². The highest BCUT2D eigenvalue weighted by Crippen LogP contribution is 2.35. The Morgan fingerprint density at radius 2 is 1.93 bits per heavy atom. The first-order valence-electron chi connectivity index (χ1n) is 13.7. The molecule has 1 aromatic heterocycles. The second-order valence-electron chi connectivity index (χ2n) is 10.6. The van der Waals surface area contributed by atoms with Crippen molar-refractivity contribution in [1.82, 2.24) is 20.5 Å². The lowest BCUT2D eigenvalue weighted by Crippen LogP contribution is -2.52. The van der Waals surface area contributed by atoms with Gasteiger partial charge in [0.25, 0.3) is 18.2 Å². The van der Waals surface area contributed by atoms with Crippen LogP contribution in [0.2, 0.25) is 0 Å². The molecule has 2 aliphatic rings. The second kappa shape index (κ2) is 12.5. The van der Waals surface area contributed by atoms with Crippen molar-refractivity contribution in [2.45, 2.75) is 69.7 Å². The van der Waals surface area contributed by atoms with Gasteiger partial charge < -0.3 is 20.6 Å². The molecule has 40 heavy (non-hydrogen) atoms. The SMILES string of the molecule is Cc1csc([C@H]2CCCN2C(=O)c2cc(C(=O)N[C@@H](Cc3ccccc3)[C@H](O)[C@H]3CCCN3)cc(C(F)F)c2)n1. The highest BCUT2D eigenvalue weighted by atomic mass is 32.1. The molecule has 0 aliphatic carbocycles. The number of benzene rings is 2. The van der Waals surface area contributed by atoms with Crippen molar-refractivity contribution in [3.8, 4) is 0 Å². The average Bonchev–Trinajstić information content (AvgIpc) is 3.74. The number of aromatic nitrogens is 1. The predicted octanol–water partition coefficient (Wildman–Crippen LogP) is 4.82. The van der Waals surface area contributed by atoms with E-state index in [1.807, 2.05) is 42.6 Å². The van der Waals surface area contributed by atoms with Crippen molar-refractivity contribution >= 4 is 23.2 Å². The van der Waals surface area contributed by atoms with Crippen LogP contribution in [0.25, 0.3) is 0 Å². The average molecular weight is 569 g/mol. The van der Waals surface area contributed by atoms with Crippen LogP contribution in [0.4, 0.5) is 8.78 Å². The van der Waals surface area contributed by atoms with E-state index in [0.29, 0.717) is 13.0 Å². The van der Waals surface area contributed by atoms with Gasteiger partial charge in [-0.2, -0.15) is 0 Å². The molecular formula is C30H34F2N4O3S. The summed E-state index contributed by atoms with van der Waals surface area (Å²) < 4.78 is 27.9. The highest BCUT2D eigenvalue weighted by molar-refractivity contribution is 7.09. The standard InChI is InChI=1S/C30H34F2N4O3S/c1-18-17-40-29(34-18)25-10-6-12-36(25)30(39)22-15-20(27(31)32)14-21(16-22)28(38)35-24(13-19-7-3-2-4-8-19)26(37)23-9-5-11-33-23/h2-4,7-8,14-17,23-27,33,37H,5-6,9-13H2,1H3,(H,35,38)/t23-,24+,25-,26-/m1/s1. The molecule has 10 heteroatoms. The first-order valence-corrected chi connectivity index (χ1v) is 14.6. The number of amides is 2. The fourth-order valence-corrected chi connectivity index (χ4v) is 6.59. The number of carbonyl (C=O) groups excluding carboxylic acids is 2. The van der Waals surface area contributed by atoms with E-state index in [9.17, 15) is 23.5 Å². The molecule has 0 saturated carbocycles. The minimum Gasteiger partial charge on any atom is -0.389 e. The number of alkyl halides is 2. The molecule has 0 spiro atoms. The van der Waals surface area contributed by atoms with Crippen molar-refractivity contribution in [2.24, 2.45) is 0 Å². The zero-order valence-electron chi connectivity index (χ0n) is 22.4. The molecule has 0 unspecified atom stereocenters. The molecule has 4 atom stereocenters. The van der Waals surface area contributed by atoms with Crippen LogP contribution >= 0.6 is 11.3 Å². The highest BCUT2D eigenvalue weighted by Gasteiger charge is 2.34. The van der Waals surface area contributed by atoms with E-state index >= 15 is 0 Å². The third-order valence-corrected chi connectivity index (χ3v) is 8.75. The predicted molar refractivity (Wildman–Crippen MR) is 150 cm³/mol. The van der Waals surface area contributed by atoms with Gasteiger partial charge in [0.1, 0.15) is 5.01 Å². The molecule has 5 rings (SSSR count). The summed E-state index contributed by atoms with van der Waals surface area (Å²) in [6.45, 7) is 3.17. The molecule has 212 valence electrons. The summed E-state index contributed by atoms with van der Waals surface area (Å²) in [5.74, 6) is -1.01. The molecule has 2 amide bonds. The smallest absolute Gasteiger partial charge is 0.263 e. The van der Waals surface area contributed by atoms with E-state index in [1.165, 1.54) is 23.5 Å². The molecule has 3 N–H and O–H groups in total. The summed E-state index contributed by atoms with van der Waals surface area (Å²) in [7, 11) is 0. The summed E-state index contributed by atoms with van der Waals surface area (Å²) in [4.78, 5) is 33.3. The van der Waals surface area contributed by atoms with E-state index in [2.05, 4.69) is 15.6 Å². The number of nitrogens with one attached hydrogen (secondary N) is 2. The normalized spacial score (nSPS) is 20.6. The van der Waals surface area contributed by atoms with E-state index < -0.39 is 35.9 Å². The van der Waals surface area contributed by atoms with Crippen molar-refractivity contribution in [3.63, 3.8) is 0 Å². The van der Waals surface area contributed by atoms with E-state index in [1.54, 1.807) is 4.90 Å². The lowest BCUT2D eigenvalue weighted by molar-refractivity contribution is 0.0732. The number of hydrogen-bond acceptors (Lipinski definition) is 6. The Bertz CT molecular complexity index is 1330. The van der Waals surface area contributed by atoms with Gasteiger partial charge in [0, 0.05) is 40.4 Å². The number of likely N-dealkylation sites (tertiary alicyclic amines) is 1. The Kier molecular flexibility index (Phi) is 8.87. The molecule has 3 aromatic rings. The van der Waals surface area contributed by atoms with Crippen molar-refractivity contribution < 1.29 is 23.5 Å². The number of aliphatic hydroxyl groups is 1. The van der Waals surface area contributed by atoms with E-state index in [4.69, 9.17) is 0 Å². The van der Waals surface area contributed by atoms with Gasteiger partial charge >= 0.3 is 0 Å². The number of thiazole rings is 1. The summed E-state index contributed by atoms with van der Waals surface area (Å²) in [5, 5.41) is 20.1. The first kappa shape index (κ1) is 28.3. The van der Waals surface area contributed by atoms with Gasteiger partial charge in [0.15, 0.2) is 0 Å². The second-order valence-corrected chi connectivity index (χ2v) is 11.5. The molecule has 2 aliphatic heterocycles. The number of hydrogen-bond donors (Lipinski definition) is 3.